The lowest BCUT2D eigenvalue weighted by molar-refractivity contribution is -0.139. The van der Waals surface area contributed by atoms with Crippen LogP contribution < -0.4 is 25.5 Å². The molecule has 0 aliphatic heterocycles. The molecule has 0 atom stereocenters. The fourth-order valence-corrected chi connectivity index (χ4v) is 2.57. The Bertz CT molecular complexity index is 1050. The maximum absolute atomic E-state index is 13.2. The van der Waals surface area contributed by atoms with Crippen LogP contribution in [0.1, 0.15) is 19.4 Å². The molecule has 0 fully saturated rings. The Balaban J connectivity index is 1.91. The van der Waals surface area contributed by atoms with E-state index in [4.69, 9.17) is 21.1 Å². The zero-order valence-electron chi connectivity index (χ0n) is 18.3. The van der Waals surface area contributed by atoms with Gasteiger partial charge in [-0.1, -0.05) is 25.4 Å². The Labute approximate surface area is 195 Å². The van der Waals surface area contributed by atoms with Crippen LogP contribution in [0.3, 0.4) is 0 Å². The number of rotatable bonds is 9. The van der Waals surface area contributed by atoms with Crippen molar-refractivity contribution in [3.05, 3.63) is 52.8 Å². The van der Waals surface area contributed by atoms with Crippen LogP contribution in [-0.2, 0) is 14.4 Å². The molecule has 0 saturated carbocycles. The van der Waals surface area contributed by atoms with Gasteiger partial charge in [-0.2, -0.15) is 5.10 Å². The van der Waals surface area contributed by atoms with Gasteiger partial charge in [-0.3, -0.25) is 14.4 Å². The van der Waals surface area contributed by atoms with Crippen molar-refractivity contribution < 1.29 is 28.2 Å². The van der Waals surface area contributed by atoms with Gasteiger partial charge in [0.15, 0.2) is 18.1 Å². The van der Waals surface area contributed by atoms with Crippen molar-refractivity contribution in [2.75, 3.05) is 25.6 Å². The van der Waals surface area contributed by atoms with Crippen LogP contribution in [0, 0.1) is 11.7 Å². The largest absolute Gasteiger partial charge is 0.493 e. The minimum absolute atomic E-state index is 0.111. The highest BCUT2D eigenvalue weighted by atomic mass is 35.5. The normalized spacial score (nSPS) is 10.7. The van der Waals surface area contributed by atoms with Crippen LogP contribution in [0.5, 0.6) is 11.5 Å². The molecule has 0 heterocycles. The average molecular weight is 479 g/mol. The lowest BCUT2D eigenvalue weighted by Gasteiger charge is -2.11. The van der Waals surface area contributed by atoms with Crippen molar-refractivity contribution >= 4 is 41.2 Å². The number of hydrazone groups is 1. The van der Waals surface area contributed by atoms with Gasteiger partial charge < -0.3 is 20.1 Å². The van der Waals surface area contributed by atoms with Crippen molar-refractivity contribution in [1.82, 2.24) is 10.7 Å². The summed E-state index contributed by atoms with van der Waals surface area (Å²) < 4.78 is 23.9. The molecule has 0 saturated heterocycles. The zero-order chi connectivity index (χ0) is 24.4. The Hall–Kier alpha value is -3.66. The molecule has 0 spiro atoms. The first kappa shape index (κ1) is 25.6. The van der Waals surface area contributed by atoms with Crippen LogP contribution in [0.2, 0.25) is 5.02 Å². The van der Waals surface area contributed by atoms with Crippen LogP contribution in [0.15, 0.2) is 41.5 Å². The molecule has 3 amide bonds. The number of ether oxygens (including phenoxy) is 2. The highest BCUT2D eigenvalue weighted by Gasteiger charge is 2.13. The predicted octanol–water partition coefficient (Wildman–Crippen LogP) is 2.73. The van der Waals surface area contributed by atoms with Crippen molar-refractivity contribution in [2.45, 2.75) is 13.8 Å². The van der Waals surface area contributed by atoms with Gasteiger partial charge in [-0.05, 0) is 47.9 Å². The lowest BCUT2D eigenvalue weighted by atomic mass is 10.2. The Morgan fingerprint density at radius 1 is 1.12 bits per heavy atom. The summed E-state index contributed by atoms with van der Waals surface area (Å²) in [5.74, 6) is -1.91. The fraction of sp³-hybridized carbons (Fsp3) is 0.273. The summed E-state index contributed by atoms with van der Waals surface area (Å²) >= 11 is 5.69. The number of hydrogen-bond acceptors (Lipinski definition) is 6. The molecular formula is C22H24ClFN4O5. The SMILES string of the molecule is COc1cc(/C=N/NC(=O)C(=O)NCC(C)C)ccc1OCC(=O)Nc1ccc(F)c(Cl)c1. The second-order valence-electron chi connectivity index (χ2n) is 7.18. The van der Waals surface area contributed by atoms with Gasteiger partial charge in [0.05, 0.1) is 18.3 Å². The van der Waals surface area contributed by atoms with Crippen molar-refractivity contribution in [3.63, 3.8) is 0 Å². The number of methoxy groups -OCH3 is 1. The molecule has 9 nitrogen and oxygen atoms in total. The molecule has 0 aromatic heterocycles. The van der Waals surface area contributed by atoms with E-state index in [1.54, 1.807) is 18.2 Å². The van der Waals surface area contributed by atoms with Crippen molar-refractivity contribution in [3.8, 4) is 11.5 Å². The summed E-state index contributed by atoms with van der Waals surface area (Å²) in [6, 6.07) is 8.55. The second-order valence-corrected chi connectivity index (χ2v) is 7.59. The molecule has 11 heteroatoms. The summed E-state index contributed by atoms with van der Waals surface area (Å²) in [4.78, 5) is 35.4. The molecule has 2 rings (SSSR count). The Morgan fingerprint density at radius 2 is 1.88 bits per heavy atom. The van der Waals surface area contributed by atoms with Gasteiger partial charge >= 0.3 is 11.8 Å². The third kappa shape index (κ3) is 8.41. The molecule has 3 N–H and O–H groups in total. The van der Waals surface area contributed by atoms with E-state index in [1.165, 1.54) is 25.5 Å². The van der Waals surface area contributed by atoms with Crippen molar-refractivity contribution in [2.24, 2.45) is 11.0 Å². The van der Waals surface area contributed by atoms with Gasteiger partial charge in [0.1, 0.15) is 5.82 Å². The summed E-state index contributed by atoms with van der Waals surface area (Å²) in [5.41, 5.74) is 3.01. The van der Waals surface area contributed by atoms with E-state index in [0.29, 0.717) is 29.3 Å². The minimum Gasteiger partial charge on any atom is -0.493 e. The summed E-state index contributed by atoms with van der Waals surface area (Å²) in [6.07, 6.45) is 1.32. The smallest absolute Gasteiger partial charge is 0.329 e. The van der Waals surface area contributed by atoms with Gasteiger partial charge in [-0.25, -0.2) is 9.82 Å². The molecule has 0 unspecified atom stereocenters. The summed E-state index contributed by atoms with van der Waals surface area (Å²) in [7, 11) is 1.42. The molecule has 0 radical (unpaired) electrons. The monoisotopic (exact) mass is 478 g/mol. The van der Waals surface area contributed by atoms with Crippen LogP contribution in [0.4, 0.5) is 10.1 Å². The third-order valence-corrected chi connectivity index (χ3v) is 4.30. The van der Waals surface area contributed by atoms with E-state index in [-0.39, 0.29) is 17.5 Å². The topological polar surface area (TPSA) is 118 Å². The first-order chi connectivity index (χ1) is 15.7. The first-order valence-electron chi connectivity index (χ1n) is 9.86. The maximum atomic E-state index is 13.2. The zero-order valence-corrected chi connectivity index (χ0v) is 19.0. The average Bonchev–Trinajstić information content (AvgIpc) is 2.78. The number of halogens is 2. The van der Waals surface area contributed by atoms with E-state index >= 15 is 0 Å². The standard InChI is InChI=1S/C22H24ClFN4O5/c1-13(2)10-25-21(30)22(31)28-26-11-14-4-7-18(19(8-14)32-3)33-12-20(29)27-15-5-6-17(24)16(23)9-15/h4-9,11,13H,10,12H2,1-3H3,(H,25,30)(H,27,29)(H,28,31)/b26-11+. The van der Waals surface area contributed by atoms with Gasteiger partial charge in [-0.15, -0.1) is 0 Å². The van der Waals surface area contributed by atoms with E-state index in [1.807, 2.05) is 13.8 Å². The molecular weight excluding hydrogens is 455 g/mol. The van der Waals surface area contributed by atoms with Crippen molar-refractivity contribution in [1.29, 1.82) is 0 Å². The highest BCUT2D eigenvalue weighted by Crippen LogP contribution is 2.27. The molecule has 0 bridgehead atoms. The number of amides is 3. The Morgan fingerprint density at radius 3 is 2.55 bits per heavy atom. The van der Waals surface area contributed by atoms with Gasteiger partial charge in [0.25, 0.3) is 5.91 Å². The number of carbonyl (C=O) groups is 3. The van der Waals surface area contributed by atoms with E-state index < -0.39 is 23.5 Å². The third-order valence-electron chi connectivity index (χ3n) is 4.01. The maximum Gasteiger partial charge on any atom is 0.329 e. The lowest BCUT2D eigenvalue weighted by Crippen LogP contribution is -2.39. The molecule has 176 valence electrons. The van der Waals surface area contributed by atoms with Crippen LogP contribution in [-0.4, -0.2) is 44.2 Å². The molecule has 0 aliphatic rings. The molecule has 33 heavy (non-hydrogen) atoms. The number of anilines is 1. The van der Waals surface area contributed by atoms with E-state index in [2.05, 4.69) is 21.2 Å². The number of nitrogens with zero attached hydrogens (tertiary/aromatic N) is 1. The summed E-state index contributed by atoms with van der Waals surface area (Å²) in [6.45, 7) is 3.86. The molecule has 2 aromatic carbocycles. The fourth-order valence-electron chi connectivity index (χ4n) is 2.39. The van der Waals surface area contributed by atoms with E-state index in [0.717, 1.165) is 6.07 Å². The Kier molecular flexibility index (Phi) is 9.62. The summed E-state index contributed by atoms with van der Waals surface area (Å²) in [5, 5.41) is 8.66. The molecule has 2 aromatic rings. The minimum atomic E-state index is -0.882. The van der Waals surface area contributed by atoms with E-state index in [9.17, 15) is 18.8 Å². The van der Waals surface area contributed by atoms with Crippen LogP contribution >= 0.6 is 11.6 Å². The van der Waals surface area contributed by atoms with Crippen LogP contribution in [0.25, 0.3) is 0 Å². The second kappa shape index (κ2) is 12.4. The number of nitrogens with one attached hydrogen (secondary N) is 3. The molecule has 0 aliphatic carbocycles. The number of carbonyl (C=O) groups excluding carboxylic acids is 3. The van der Waals surface area contributed by atoms with Gasteiger partial charge in [0, 0.05) is 12.2 Å². The predicted molar refractivity (Wildman–Crippen MR) is 122 cm³/mol. The first-order valence-corrected chi connectivity index (χ1v) is 10.2. The number of benzene rings is 2. The van der Waals surface area contributed by atoms with Gasteiger partial charge in [0.2, 0.25) is 0 Å². The quantitative estimate of drug-likeness (QED) is 0.291. The highest BCUT2D eigenvalue weighted by molar-refractivity contribution is 6.35. The number of hydrogen-bond donors (Lipinski definition) is 3.